The molecule has 0 N–H and O–H groups in total. The summed E-state index contributed by atoms with van der Waals surface area (Å²) >= 11 is 1.68. The zero-order chi connectivity index (χ0) is 11.9. The van der Waals surface area contributed by atoms with Gasteiger partial charge in [-0.05, 0) is 22.4 Å². The molecule has 17 heavy (non-hydrogen) atoms. The van der Waals surface area contributed by atoms with Gasteiger partial charge >= 0.3 is 0 Å². The van der Waals surface area contributed by atoms with Gasteiger partial charge in [0.2, 0.25) is 0 Å². The van der Waals surface area contributed by atoms with Crippen LogP contribution in [0.3, 0.4) is 0 Å². The average Bonchev–Trinajstić information content (AvgIpc) is 2.89. The fourth-order valence-electron chi connectivity index (χ4n) is 1.59. The molecule has 88 valence electrons. The van der Waals surface area contributed by atoms with Gasteiger partial charge < -0.3 is 4.74 Å². The molecule has 0 aliphatic rings. The van der Waals surface area contributed by atoms with E-state index in [2.05, 4.69) is 28.6 Å². The Bertz CT molecular complexity index is 450. The number of hydrogen-bond donors (Lipinski definition) is 0. The van der Waals surface area contributed by atoms with Crippen molar-refractivity contribution in [3.63, 3.8) is 0 Å². The molecule has 0 amide bonds. The van der Waals surface area contributed by atoms with Crippen molar-refractivity contribution in [2.45, 2.75) is 6.10 Å². The lowest BCUT2D eigenvalue weighted by Gasteiger charge is -2.12. The van der Waals surface area contributed by atoms with E-state index in [0.29, 0.717) is 6.54 Å². The molecule has 2 nitrogen and oxygen atoms in total. The smallest absolute Gasteiger partial charge is 0.102 e. The standard InChI is InChI=1S/C14H15NOS/c1-16-14(13-5-3-2-4-6-13)10-15-9-12-7-8-17-11-12/h2-9,11,14H,10H2,1H3. The molecule has 1 heterocycles. The highest BCUT2D eigenvalue weighted by Crippen LogP contribution is 2.16. The van der Waals surface area contributed by atoms with Crippen molar-refractivity contribution in [1.29, 1.82) is 0 Å². The van der Waals surface area contributed by atoms with Crippen molar-refractivity contribution in [2.75, 3.05) is 13.7 Å². The maximum Gasteiger partial charge on any atom is 0.102 e. The van der Waals surface area contributed by atoms with E-state index in [1.165, 1.54) is 0 Å². The largest absolute Gasteiger partial charge is 0.375 e. The van der Waals surface area contributed by atoms with E-state index < -0.39 is 0 Å². The fourth-order valence-corrected chi connectivity index (χ4v) is 2.20. The van der Waals surface area contributed by atoms with E-state index in [1.54, 1.807) is 18.4 Å². The van der Waals surface area contributed by atoms with E-state index in [9.17, 15) is 0 Å². The molecule has 0 aliphatic carbocycles. The van der Waals surface area contributed by atoms with Crippen molar-refractivity contribution in [3.05, 3.63) is 58.3 Å². The first kappa shape index (κ1) is 12.0. The summed E-state index contributed by atoms with van der Waals surface area (Å²) in [6.07, 6.45) is 1.93. The van der Waals surface area contributed by atoms with Crippen molar-refractivity contribution in [1.82, 2.24) is 0 Å². The van der Waals surface area contributed by atoms with Gasteiger partial charge in [0.25, 0.3) is 0 Å². The number of aliphatic imine (C=N–C) groups is 1. The van der Waals surface area contributed by atoms with Gasteiger partial charge in [0.05, 0.1) is 6.54 Å². The number of thiophene rings is 1. The summed E-state index contributed by atoms with van der Waals surface area (Å²) < 4.78 is 5.44. The van der Waals surface area contributed by atoms with Gasteiger partial charge in [0.15, 0.2) is 0 Å². The minimum Gasteiger partial charge on any atom is -0.375 e. The lowest BCUT2D eigenvalue weighted by atomic mass is 10.1. The van der Waals surface area contributed by atoms with Crippen LogP contribution in [0.2, 0.25) is 0 Å². The molecule has 1 unspecified atom stereocenters. The van der Waals surface area contributed by atoms with Crippen molar-refractivity contribution in [3.8, 4) is 0 Å². The minimum absolute atomic E-state index is 0.0334. The Balaban J connectivity index is 1.97. The molecular formula is C14H15NOS. The molecule has 1 aromatic carbocycles. The Hall–Kier alpha value is -1.45. The van der Waals surface area contributed by atoms with Crippen LogP contribution < -0.4 is 0 Å². The Morgan fingerprint density at radius 2 is 2.12 bits per heavy atom. The van der Waals surface area contributed by atoms with Crippen LogP contribution in [0.4, 0.5) is 0 Å². The second-order valence-electron chi connectivity index (χ2n) is 3.69. The molecule has 0 fully saturated rings. The van der Waals surface area contributed by atoms with Gasteiger partial charge in [-0.15, -0.1) is 0 Å². The molecule has 0 spiro atoms. The van der Waals surface area contributed by atoms with Crippen LogP contribution in [0.25, 0.3) is 0 Å². The Kier molecular flexibility index (Phi) is 4.47. The van der Waals surface area contributed by atoms with Crippen LogP contribution >= 0.6 is 11.3 Å². The van der Waals surface area contributed by atoms with Crippen LogP contribution in [0, 0.1) is 0 Å². The van der Waals surface area contributed by atoms with Gasteiger partial charge in [0, 0.05) is 18.9 Å². The van der Waals surface area contributed by atoms with Gasteiger partial charge in [0.1, 0.15) is 6.10 Å². The molecule has 1 atom stereocenters. The zero-order valence-electron chi connectivity index (χ0n) is 9.74. The predicted octanol–water partition coefficient (Wildman–Crippen LogP) is 3.55. The molecule has 3 heteroatoms. The molecule has 0 saturated heterocycles. The second-order valence-corrected chi connectivity index (χ2v) is 4.47. The average molecular weight is 245 g/mol. The van der Waals surface area contributed by atoms with Gasteiger partial charge in [-0.1, -0.05) is 30.3 Å². The first-order valence-electron chi connectivity index (χ1n) is 5.50. The molecule has 2 rings (SSSR count). The molecule has 0 saturated carbocycles. The minimum atomic E-state index is 0.0334. The molecule has 2 aromatic rings. The van der Waals surface area contributed by atoms with Crippen molar-refractivity contribution >= 4 is 17.6 Å². The maximum atomic E-state index is 5.44. The van der Waals surface area contributed by atoms with Crippen molar-refractivity contribution < 1.29 is 4.74 Å². The summed E-state index contributed by atoms with van der Waals surface area (Å²) in [5.74, 6) is 0. The van der Waals surface area contributed by atoms with Crippen molar-refractivity contribution in [2.24, 2.45) is 4.99 Å². The number of ether oxygens (including phenoxy) is 1. The Labute approximate surface area is 106 Å². The highest BCUT2D eigenvalue weighted by Gasteiger charge is 2.07. The number of hydrogen-bond acceptors (Lipinski definition) is 3. The third-order valence-corrected chi connectivity index (χ3v) is 3.21. The van der Waals surface area contributed by atoms with E-state index >= 15 is 0 Å². The summed E-state index contributed by atoms with van der Waals surface area (Å²) in [7, 11) is 1.72. The molecule has 0 bridgehead atoms. The molecular weight excluding hydrogens is 230 g/mol. The van der Waals surface area contributed by atoms with Crippen LogP contribution in [0.15, 0.2) is 52.2 Å². The quantitative estimate of drug-likeness (QED) is 0.738. The third kappa shape index (κ3) is 3.51. The lowest BCUT2D eigenvalue weighted by Crippen LogP contribution is -2.05. The summed E-state index contributed by atoms with van der Waals surface area (Å²) in [6, 6.07) is 12.2. The highest BCUT2D eigenvalue weighted by atomic mass is 32.1. The van der Waals surface area contributed by atoms with E-state index in [1.807, 2.05) is 29.8 Å². The Morgan fingerprint density at radius 3 is 2.76 bits per heavy atom. The van der Waals surface area contributed by atoms with Gasteiger partial charge in [-0.2, -0.15) is 11.3 Å². The number of methoxy groups -OCH3 is 1. The SMILES string of the molecule is COC(CN=Cc1ccsc1)c1ccccc1. The van der Waals surface area contributed by atoms with Crippen LogP contribution in [0.5, 0.6) is 0 Å². The van der Waals surface area contributed by atoms with E-state index in [4.69, 9.17) is 4.74 Å². The van der Waals surface area contributed by atoms with E-state index in [-0.39, 0.29) is 6.10 Å². The fraction of sp³-hybridized carbons (Fsp3) is 0.214. The van der Waals surface area contributed by atoms with E-state index in [0.717, 1.165) is 11.1 Å². The topological polar surface area (TPSA) is 21.6 Å². The Morgan fingerprint density at radius 1 is 1.29 bits per heavy atom. The zero-order valence-corrected chi connectivity index (χ0v) is 10.6. The number of rotatable bonds is 5. The summed E-state index contributed by atoms with van der Waals surface area (Å²) in [5.41, 5.74) is 2.32. The molecule has 0 radical (unpaired) electrons. The van der Waals surface area contributed by atoms with Crippen LogP contribution in [0.1, 0.15) is 17.2 Å². The highest BCUT2D eigenvalue weighted by molar-refractivity contribution is 7.08. The first-order chi connectivity index (χ1) is 8.40. The predicted molar refractivity (Wildman–Crippen MR) is 73.0 cm³/mol. The number of nitrogens with zero attached hydrogens (tertiary/aromatic N) is 1. The van der Waals surface area contributed by atoms with Crippen LogP contribution in [-0.4, -0.2) is 19.9 Å². The second kappa shape index (κ2) is 6.33. The maximum absolute atomic E-state index is 5.44. The van der Waals surface area contributed by atoms with Gasteiger partial charge in [-0.25, -0.2) is 0 Å². The van der Waals surface area contributed by atoms with Gasteiger partial charge in [-0.3, -0.25) is 4.99 Å². The third-order valence-electron chi connectivity index (χ3n) is 2.51. The normalized spacial score (nSPS) is 13.0. The monoisotopic (exact) mass is 245 g/mol. The summed E-state index contributed by atoms with van der Waals surface area (Å²) in [4.78, 5) is 4.42. The summed E-state index contributed by atoms with van der Waals surface area (Å²) in [5, 5.41) is 4.13. The molecule has 0 aliphatic heterocycles. The summed E-state index contributed by atoms with van der Waals surface area (Å²) in [6.45, 7) is 0.649. The first-order valence-corrected chi connectivity index (χ1v) is 6.44. The lowest BCUT2D eigenvalue weighted by molar-refractivity contribution is 0.111. The molecule has 1 aromatic heterocycles. The number of benzene rings is 1. The van der Waals surface area contributed by atoms with Crippen LogP contribution in [-0.2, 0) is 4.74 Å².